The predicted molar refractivity (Wildman–Crippen MR) is 48.3 cm³/mol. The quantitative estimate of drug-likeness (QED) is 0.547. The third kappa shape index (κ3) is 1.79. The summed E-state index contributed by atoms with van der Waals surface area (Å²) in [5, 5.41) is 0. The Morgan fingerprint density at radius 2 is 2.14 bits per heavy atom. The van der Waals surface area contributed by atoms with Crippen LogP contribution in [0.4, 0.5) is 4.39 Å². The second-order valence-electron chi connectivity index (χ2n) is 2.75. The molecule has 14 heavy (non-hydrogen) atoms. The average molecular weight is 196 g/mol. The highest BCUT2D eigenvalue weighted by molar-refractivity contribution is 5.98. The molecule has 0 heterocycles. The Morgan fingerprint density at radius 3 is 2.57 bits per heavy atom. The molecule has 0 N–H and O–H groups in total. The Kier molecular flexibility index (Phi) is 2.96. The van der Waals surface area contributed by atoms with Gasteiger partial charge in [-0.1, -0.05) is 0 Å². The molecule has 1 aromatic carbocycles. The monoisotopic (exact) mass is 196 g/mol. The Bertz CT molecular complexity index is 385. The van der Waals surface area contributed by atoms with Crippen molar-refractivity contribution in [3.05, 3.63) is 29.1 Å². The molecule has 0 amide bonds. The smallest absolute Gasteiger partial charge is 0.163 e. The van der Waals surface area contributed by atoms with E-state index in [1.54, 1.807) is 0 Å². The van der Waals surface area contributed by atoms with Crippen molar-refractivity contribution in [1.29, 1.82) is 0 Å². The van der Waals surface area contributed by atoms with Gasteiger partial charge in [0.15, 0.2) is 12.1 Å². The third-order valence-corrected chi connectivity index (χ3v) is 1.83. The molecule has 0 unspecified atom stereocenters. The molecule has 4 heteroatoms. The van der Waals surface area contributed by atoms with E-state index in [-0.39, 0.29) is 22.7 Å². The van der Waals surface area contributed by atoms with Crippen LogP contribution in [0, 0.1) is 5.82 Å². The Labute approximate surface area is 80.5 Å². The summed E-state index contributed by atoms with van der Waals surface area (Å²) in [6.45, 7) is 1.32. The molecule has 0 spiro atoms. The van der Waals surface area contributed by atoms with E-state index in [2.05, 4.69) is 0 Å². The molecule has 0 aromatic heterocycles. The van der Waals surface area contributed by atoms with E-state index in [4.69, 9.17) is 4.74 Å². The fraction of sp³-hybridized carbons (Fsp3) is 0.200. The summed E-state index contributed by atoms with van der Waals surface area (Å²) in [5.41, 5.74) is 0.0620. The van der Waals surface area contributed by atoms with Gasteiger partial charge in [0.2, 0.25) is 0 Å². The highest BCUT2D eigenvalue weighted by atomic mass is 19.1. The molecule has 1 rings (SSSR count). The second kappa shape index (κ2) is 4.00. The molecule has 0 fully saturated rings. The topological polar surface area (TPSA) is 43.4 Å². The molecule has 0 atom stereocenters. The van der Waals surface area contributed by atoms with Gasteiger partial charge in [0.05, 0.1) is 18.2 Å². The predicted octanol–water partition coefficient (Wildman–Crippen LogP) is 1.85. The number of rotatable bonds is 3. The Hall–Kier alpha value is -1.71. The van der Waals surface area contributed by atoms with Gasteiger partial charge >= 0.3 is 0 Å². The summed E-state index contributed by atoms with van der Waals surface area (Å²) in [5.74, 6) is -0.826. The van der Waals surface area contributed by atoms with Gasteiger partial charge in [-0.3, -0.25) is 9.59 Å². The van der Waals surface area contributed by atoms with Crippen molar-refractivity contribution >= 4 is 12.1 Å². The van der Waals surface area contributed by atoms with E-state index in [9.17, 15) is 14.0 Å². The summed E-state index contributed by atoms with van der Waals surface area (Å²) in [6, 6.07) is 2.21. The van der Waals surface area contributed by atoms with Gasteiger partial charge in [-0.25, -0.2) is 4.39 Å². The van der Waals surface area contributed by atoms with Crippen LogP contribution in [0.15, 0.2) is 12.1 Å². The molecule has 0 saturated carbocycles. The first kappa shape index (κ1) is 10.4. The fourth-order valence-electron chi connectivity index (χ4n) is 1.11. The molecule has 0 aliphatic heterocycles. The number of halogens is 1. The number of methoxy groups -OCH3 is 1. The Morgan fingerprint density at radius 1 is 1.50 bits per heavy atom. The van der Waals surface area contributed by atoms with Crippen molar-refractivity contribution in [2.24, 2.45) is 0 Å². The van der Waals surface area contributed by atoms with Crippen molar-refractivity contribution in [3.8, 4) is 5.75 Å². The number of ketones is 1. The van der Waals surface area contributed by atoms with Gasteiger partial charge in [0.25, 0.3) is 0 Å². The summed E-state index contributed by atoms with van der Waals surface area (Å²) in [6.07, 6.45) is 0.362. The lowest BCUT2D eigenvalue weighted by atomic mass is 10.1. The van der Waals surface area contributed by atoms with Gasteiger partial charge in [-0.2, -0.15) is 0 Å². The minimum atomic E-state index is -0.693. The molecule has 1 aromatic rings. The van der Waals surface area contributed by atoms with Crippen molar-refractivity contribution in [3.63, 3.8) is 0 Å². The average Bonchev–Trinajstić information content (AvgIpc) is 2.16. The van der Waals surface area contributed by atoms with Crippen LogP contribution in [0.2, 0.25) is 0 Å². The maximum Gasteiger partial charge on any atom is 0.163 e. The minimum absolute atomic E-state index is 0.139. The number of hydrogen-bond acceptors (Lipinski definition) is 3. The summed E-state index contributed by atoms with van der Waals surface area (Å²) < 4.78 is 17.9. The molecule has 0 saturated heterocycles. The summed E-state index contributed by atoms with van der Waals surface area (Å²) in [4.78, 5) is 21.5. The maximum absolute atomic E-state index is 13.1. The lowest BCUT2D eigenvalue weighted by molar-refractivity contribution is 0.101. The number of hydrogen-bond donors (Lipinski definition) is 0. The molecule has 0 aliphatic carbocycles. The fourth-order valence-corrected chi connectivity index (χ4v) is 1.11. The number of carbonyl (C=O) groups excluding carboxylic acids is 2. The van der Waals surface area contributed by atoms with Gasteiger partial charge in [-0.05, 0) is 13.0 Å². The van der Waals surface area contributed by atoms with Crippen LogP contribution in [-0.2, 0) is 0 Å². The number of benzene rings is 1. The summed E-state index contributed by atoms with van der Waals surface area (Å²) in [7, 11) is 1.34. The van der Waals surface area contributed by atoms with Crippen molar-refractivity contribution in [2.75, 3.05) is 7.11 Å². The zero-order valence-corrected chi connectivity index (χ0v) is 7.83. The zero-order chi connectivity index (χ0) is 10.7. The van der Waals surface area contributed by atoms with Crippen LogP contribution >= 0.6 is 0 Å². The first-order valence-corrected chi connectivity index (χ1v) is 3.93. The second-order valence-corrected chi connectivity index (χ2v) is 2.75. The molecule has 0 radical (unpaired) electrons. The van der Waals surface area contributed by atoms with Crippen LogP contribution in [0.1, 0.15) is 27.6 Å². The maximum atomic E-state index is 13.1. The zero-order valence-electron chi connectivity index (χ0n) is 7.83. The first-order chi connectivity index (χ1) is 6.60. The van der Waals surface area contributed by atoms with Crippen molar-refractivity contribution < 1.29 is 18.7 Å². The van der Waals surface area contributed by atoms with E-state index >= 15 is 0 Å². The number of ether oxygens (including phenoxy) is 1. The van der Waals surface area contributed by atoms with E-state index in [0.29, 0.717) is 6.29 Å². The van der Waals surface area contributed by atoms with Crippen LogP contribution in [0.5, 0.6) is 5.75 Å². The van der Waals surface area contributed by atoms with E-state index in [0.717, 1.165) is 6.07 Å². The van der Waals surface area contributed by atoms with E-state index in [1.807, 2.05) is 0 Å². The minimum Gasteiger partial charge on any atom is -0.496 e. The van der Waals surface area contributed by atoms with Gasteiger partial charge in [-0.15, -0.1) is 0 Å². The van der Waals surface area contributed by atoms with Crippen LogP contribution in [-0.4, -0.2) is 19.2 Å². The lowest BCUT2D eigenvalue weighted by Crippen LogP contribution is -2.01. The molecular weight excluding hydrogens is 187 g/mol. The molecular formula is C10H9FO3. The third-order valence-electron chi connectivity index (χ3n) is 1.83. The summed E-state index contributed by atoms with van der Waals surface area (Å²) >= 11 is 0. The molecule has 3 nitrogen and oxygen atoms in total. The van der Waals surface area contributed by atoms with Crippen LogP contribution < -0.4 is 4.74 Å². The van der Waals surface area contributed by atoms with Gasteiger partial charge in [0, 0.05) is 6.07 Å². The standard InChI is InChI=1S/C10H9FO3/c1-6(13)8-3-7(5-12)9(11)4-10(8)14-2/h3-5H,1-2H3. The van der Waals surface area contributed by atoms with Crippen LogP contribution in [0.25, 0.3) is 0 Å². The number of Topliss-reactive ketones (excluding diaryl/α,β-unsaturated/α-hetero) is 1. The van der Waals surface area contributed by atoms with Gasteiger partial charge in [0.1, 0.15) is 11.6 Å². The van der Waals surface area contributed by atoms with Crippen molar-refractivity contribution in [1.82, 2.24) is 0 Å². The number of aldehydes is 1. The Balaban J connectivity index is 3.39. The highest BCUT2D eigenvalue weighted by Gasteiger charge is 2.12. The van der Waals surface area contributed by atoms with Crippen LogP contribution in [0.3, 0.4) is 0 Å². The molecule has 74 valence electrons. The molecule has 0 bridgehead atoms. The van der Waals surface area contributed by atoms with E-state index in [1.165, 1.54) is 20.1 Å². The molecule has 0 aliphatic rings. The highest BCUT2D eigenvalue weighted by Crippen LogP contribution is 2.22. The van der Waals surface area contributed by atoms with Crippen molar-refractivity contribution in [2.45, 2.75) is 6.92 Å². The lowest BCUT2D eigenvalue weighted by Gasteiger charge is -2.06. The van der Waals surface area contributed by atoms with E-state index < -0.39 is 5.82 Å². The first-order valence-electron chi connectivity index (χ1n) is 3.93. The normalized spacial score (nSPS) is 9.64. The van der Waals surface area contributed by atoms with Gasteiger partial charge < -0.3 is 4.74 Å². The largest absolute Gasteiger partial charge is 0.496 e. The SMILES string of the molecule is COc1cc(F)c(C=O)cc1C(C)=O. The number of carbonyl (C=O) groups is 2.